The summed E-state index contributed by atoms with van der Waals surface area (Å²) in [6, 6.07) is 2.96. The number of benzene rings is 1. The Labute approximate surface area is 84.7 Å². The Morgan fingerprint density at radius 3 is 3.07 bits per heavy atom. The van der Waals surface area contributed by atoms with Crippen LogP contribution in [0, 0.1) is 12.7 Å². The molecule has 0 unspecified atom stereocenters. The fraction of sp³-hybridized carbons (Fsp3) is 0.222. The average molecular weight is 211 g/mol. The first-order valence-corrected chi connectivity index (χ1v) is 5.01. The molecule has 2 rings (SSSR count). The molecule has 14 heavy (non-hydrogen) atoms. The van der Waals surface area contributed by atoms with Crippen LogP contribution >= 0.6 is 11.3 Å². The highest BCUT2D eigenvalue weighted by Gasteiger charge is 2.07. The van der Waals surface area contributed by atoms with Crippen molar-refractivity contribution in [1.29, 1.82) is 0 Å². The molecule has 74 valence electrons. The molecular weight excluding hydrogens is 201 g/mol. The van der Waals surface area contributed by atoms with Gasteiger partial charge < -0.3 is 0 Å². The number of hydrazine groups is 1. The normalized spacial score (nSPS) is 11.1. The lowest BCUT2D eigenvalue weighted by molar-refractivity contribution is 0.625. The van der Waals surface area contributed by atoms with Crippen LogP contribution in [0.1, 0.15) is 10.6 Å². The molecule has 3 N–H and O–H groups in total. The average Bonchev–Trinajstić information content (AvgIpc) is 2.45. The van der Waals surface area contributed by atoms with Crippen LogP contribution in [0.15, 0.2) is 12.1 Å². The Balaban J connectivity index is 2.66. The van der Waals surface area contributed by atoms with E-state index in [-0.39, 0.29) is 5.82 Å². The van der Waals surface area contributed by atoms with Gasteiger partial charge in [0, 0.05) is 6.54 Å². The van der Waals surface area contributed by atoms with Gasteiger partial charge in [-0.05, 0) is 24.6 Å². The van der Waals surface area contributed by atoms with Crippen molar-refractivity contribution in [2.45, 2.75) is 13.5 Å². The fourth-order valence-corrected chi connectivity index (χ4v) is 2.32. The maximum absolute atomic E-state index is 13.1. The van der Waals surface area contributed by atoms with Crippen molar-refractivity contribution in [2.75, 3.05) is 0 Å². The Kier molecular flexibility index (Phi) is 2.45. The van der Waals surface area contributed by atoms with Gasteiger partial charge in [0.25, 0.3) is 0 Å². The predicted octanol–water partition coefficient (Wildman–Crippen LogP) is 1.71. The summed E-state index contributed by atoms with van der Waals surface area (Å²) < 4.78 is 14.0. The molecule has 0 saturated carbocycles. The van der Waals surface area contributed by atoms with Gasteiger partial charge in [-0.2, -0.15) is 0 Å². The summed E-state index contributed by atoms with van der Waals surface area (Å²) in [5.74, 6) is 4.97. The molecule has 2 aromatic rings. The van der Waals surface area contributed by atoms with Gasteiger partial charge in [-0.15, -0.1) is 11.3 Å². The number of nitrogens with zero attached hydrogens (tertiary/aromatic N) is 1. The molecule has 0 amide bonds. The molecule has 1 heterocycles. The number of nitrogens with two attached hydrogens (primary N) is 1. The van der Waals surface area contributed by atoms with E-state index >= 15 is 0 Å². The van der Waals surface area contributed by atoms with Crippen molar-refractivity contribution in [2.24, 2.45) is 5.84 Å². The number of aryl methyl sites for hydroxylation is 1. The first-order chi connectivity index (χ1) is 6.70. The van der Waals surface area contributed by atoms with E-state index in [9.17, 15) is 4.39 Å². The quantitative estimate of drug-likeness (QED) is 0.587. The topological polar surface area (TPSA) is 50.9 Å². The number of aromatic nitrogens is 1. The molecular formula is C9H10FN3S. The SMILES string of the molecule is Cc1nc2c(CNN)cc(F)cc2s1. The Bertz CT molecular complexity index is 466. The second-order valence-electron chi connectivity index (χ2n) is 3.03. The molecule has 0 saturated heterocycles. The van der Waals surface area contributed by atoms with Crippen LogP contribution in [0.4, 0.5) is 4.39 Å². The lowest BCUT2D eigenvalue weighted by Crippen LogP contribution is -2.21. The molecule has 0 spiro atoms. The zero-order chi connectivity index (χ0) is 10.1. The summed E-state index contributed by atoms with van der Waals surface area (Å²) in [5, 5.41) is 0.934. The van der Waals surface area contributed by atoms with Crippen LogP contribution in [0.25, 0.3) is 10.2 Å². The predicted molar refractivity (Wildman–Crippen MR) is 55.3 cm³/mol. The smallest absolute Gasteiger partial charge is 0.125 e. The van der Waals surface area contributed by atoms with Gasteiger partial charge in [0.1, 0.15) is 5.82 Å². The van der Waals surface area contributed by atoms with Gasteiger partial charge in [-0.25, -0.2) is 9.37 Å². The number of fused-ring (bicyclic) bond motifs is 1. The Morgan fingerprint density at radius 2 is 2.36 bits per heavy atom. The van der Waals surface area contributed by atoms with E-state index in [0.717, 1.165) is 20.8 Å². The van der Waals surface area contributed by atoms with Crippen LogP contribution in [-0.2, 0) is 6.54 Å². The number of thiazole rings is 1. The van der Waals surface area contributed by atoms with E-state index < -0.39 is 0 Å². The van der Waals surface area contributed by atoms with Crippen LogP contribution in [0.2, 0.25) is 0 Å². The van der Waals surface area contributed by atoms with Crippen LogP contribution in [0.5, 0.6) is 0 Å². The first-order valence-electron chi connectivity index (χ1n) is 4.19. The van der Waals surface area contributed by atoms with E-state index in [4.69, 9.17) is 5.84 Å². The van der Waals surface area contributed by atoms with Crippen molar-refractivity contribution in [3.8, 4) is 0 Å². The molecule has 0 aliphatic heterocycles. The van der Waals surface area contributed by atoms with Gasteiger partial charge in [0.15, 0.2) is 0 Å². The third-order valence-corrected chi connectivity index (χ3v) is 2.86. The number of halogens is 1. The molecule has 0 aliphatic carbocycles. The maximum atomic E-state index is 13.1. The second kappa shape index (κ2) is 3.61. The summed E-state index contributed by atoms with van der Waals surface area (Å²) in [6.45, 7) is 2.33. The van der Waals surface area contributed by atoms with Crippen molar-refractivity contribution in [3.63, 3.8) is 0 Å². The molecule has 3 nitrogen and oxygen atoms in total. The van der Waals surface area contributed by atoms with Crippen molar-refractivity contribution in [1.82, 2.24) is 10.4 Å². The van der Waals surface area contributed by atoms with Gasteiger partial charge >= 0.3 is 0 Å². The highest BCUT2D eigenvalue weighted by Crippen LogP contribution is 2.25. The maximum Gasteiger partial charge on any atom is 0.125 e. The number of hydrogen-bond acceptors (Lipinski definition) is 4. The summed E-state index contributed by atoms with van der Waals surface area (Å²) >= 11 is 1.49. The molecule has 5 heteroatoms. The minimum atomic E-state index is -0.244. The van der Waals surface area contributed by atoms with E-state index in [1.54, 1.807) is 0 Å². The lowest BCUT2D eigenvalue weighted by atomic mass is 10.2. The van der Waals surface area contributed by atoms with Crippen molar-refractivity contribution in [3.05, 3.63) is 28.5 Å². The van der Waals surface area contributed by atoms with Crippen molar-refractivity contribution >= 4 is 21.6 Å². The summed E-state index contributed by atoms with van der Waals surface area (Å²) in [7, 11) is 0. The molecule has 0 fully saturated rings. The van der Waals surface area contributed by atoms with E-state index in [0.29, 0.717) is 6.54 Å². The molecule has 0 aliphatic rings. The number of hydrogen-bond donors (Lipinski definition) is 2. The van der Waals surface area contributed by atoms with E-state index in [2.05, 4.69) is 10.4 Å². The van der Waals surface area contributed by atoms with Gasteiger partial charge in [-0.1, -0.05) is 0 Å². The first kappa shape index (κ1) is 9.51. The highest BCUT2D eigenvalue weighted by molar-refractivity contribution is 7.18. The minimum absolute atomic E-state index is 0.244. The van der Waals surface area contributed by atoms with Gasteiger partial charge in [-0.3, -0.25) is 11.3 Å². The Hall–Kier alpha value is -1.04. The number of rotatable bonds is 2. The van der Waals surface area contributed by atoms with Crippen LogP contribution in [0.3, 0.4) is 0 Å². The lowest BCUT2D eigenvalue weighted by Gasteiger charge is -2.00. The zero-order valence-corrected chi connectivity index (χ0v) is 8.49. The monoisotopic (exact) mass is 211 g/mol. The summed E-state index contributed by atoms with van der Waals surface area (Å²) in [4.78, 5) is 4.33. The third-order valence-electron chi connectivity index (χ3n) is 1.94. The third kappa shape index (κ3) is 1.61. The second-order valence-corrected chi connectivity index (χ2v) is 4.26. The largest absolute Gasteiger partial charge is 0.271 e. The van der Waals surface area contributed by atoms with E-state index in [1.807, 2.05) is 6.92 Å². The standard InChI is InChI=1S/C9H10FN3S/c1-5-13-9-6(4-12-11)2-7(10)3-8(9)14-5/h2-3,12H,4,11H2,1H3. The van der Waals surface area contributed by atoms with E-state index in [1.165, 1.54) is 23.5 Å². The molecule has 0 bridgehead atoms. The van der Waals surface area contributed by atoms with Gasteiger partial charge in [0.05, 0.1) is 15.2 Å². The molecule has 1 aromatic carbocycles. The van der Waals surface area contributed by atoms with Gasteiger partial charge in [0.2, 0.25) is 0 Å². The van der Waals surface area contributed by atoms with Crippen molar-refractivity contribution < 1.29 is 4.39 Å². The van der Waals surface area contributed by atoms with Crippen LogP contribution in [-0.4, -0.2) is 4.98 Å². The summed E-state index contributed by atoms with van der Waals surface area (Å²) in [5.41, 5.74) is 4.15. The molecule has 0 radical (unpaired) electrons. The zero-order valence-electron chi connectivity index (χ0n) is 7.67. The summed E-state index contributed by atoms with van der Waals surface area (Å²) in [6.07, 6.45) is 0. The molecule has 1 aromatic heterocycles. The van der Waals surface area contributed by atoms with Crippen LogP contribution < -0.4 is 11.3 Å². The fourth-order valence-electron chi connectivity index (χ4n) is 1.42. The number of nitrogens with one attached hydrogen (secondary N) is 1. The minimum Gasteiger partial charge on any atom is -0.271 e. The Morgan fingerprint density at radius 1 is 1.57 bits per heavy atom. The highest BCUT2D eigenvalue weighted by atomic mass is 32.1. The molecule has 0 atom stereocenters.